The van der Waals surface area contributed by atoms with Gasteiger partial charge in [0.15, 0.2) is 5.96 Å². The second kappa shape index (κ2) is 16.8. The first-order valence-electron chi connectivity index (χ1n) is 10.8. The van der Waals surface area contributed by atoms with Gasteiger partial charge in [0.05, 0.1) is 0 Å². The van der Waals surface area contributed by atoms with Crippen LogP contribution in [0.1, 0.15) is 71.1 Å². The van der Waals surface area contributed by atoms with E-state index in [0.717, 1.165) is 38.6 Å². The second-order valence-electron chi connectivity index (χ2n) is 8.14. The maximum absolute atomic E-state index is 5.33. The Kier molecular flexibility index (Phi) is 16.8. The summed E-state index contributed by atoms with van der Waals surface area (Å²) in [6.45, 7) is 7.06. The molecule has 2 N–H and O–H groups in total. The lowest BCUT2D eigenvalue weighted by molar-refractivity contribution is 0.141. The van der Waals surface area contributed by atoms with Crippen LogP contribution in [-0.2, 0) is 4.74 Å². The van der Waals surface area contributed by atoms with E-state index >= 15 is 0 Å². The van der Waals surface area contributed by atoms with Crippen LogP contribution in [0.3, 0.4) is 0 Å². The smallest absolute Gasteiger partial charge is 0.191 e. The molecule has 0 radical (unpaired) electrons. The Bertz CT molecular complexity index is 371. The summed E-state index contributed by atoms with van der Waals surface area (Å²) in [5.41, 5.74) is 0.366. The van der Waals surface area contributed by atoms with Gasteiger partial charge in [-0.1, -0.05) is 32.1 Å². The Hall–Kier alpha value is -0.0800. The summed E-state index contributed by atoms with van der Waals surface area (Å²) < 4.78 is 5.33. The molecule has 1 aliphatic carbocycles. The summed E-state index contributed by atoms with van der Waals surface area (Å²) in [4.78, 5) is 7.19. The number of unbranched alkanes of at least 4 members (excludes halogenated alkanes) is 4. The van der Waals surface area contributed by atoms with Crippen molar-refractivity contribution in [3.8, 4) is 0 Å². The van der Waals surface area contributed by atoms with Gasteiger partial charge in [0, 0.05) is 33.4 Å². The number of aliphatic imine (C=N–C) groups is 1. The largest absolute Gasteiger partial charge is 0.385 e. The van der Waals surface area contributed by atoms with Crippen LogP contribution in [0, 0.1) is 5.41 Å². The van der Waals surface area contributed by atoms with E-state index in [1.165, 1.54) is 64.3 Å². The molecule has 0 spiro atoms. The van der Waals surface area contributed by atoms with Crippen LogP contribution in [0.4, 0.5) is 0 Å². The first-order valence-corrected chi connectivity index (χ1v) is 10.8. The Labute approximate surface area is 185 Å². The first kappa shape index (κ1) is 26.9. The zero-order valence-electron chi connectivity index (χ0n) is 18.3. The van der Waals surface area contributed by atoms with Crippen molar-refractivity contribution < 1.29 is 4.74 Å². The maximum atomic E-state index is 5.33. The predicted octanol–water partition coefficient (Wildman–Crippen LogP) is 4.27. The summed E-state index contributed by atoms with van der Waals surface area (Å²) in [6.07, 6.45) is 12.9. The molecule has 1 rings (SSSR count). The summed E-state index contributed by atoms with van der Waals surface area (Å²) in [5, 5.41) is 6.93. The number of ether oxygens (including phenoxy) is 1. The molecule has 0 bridgehead atoms. The quantitative estimate of drug-likeness (QED) is 0.163. The number of rotatable bonds is 14. The molecule has 0 unspecified atom stereocenters. The molecule has 1 saturated carbocycles. The van der Waals surface area contributed by atoms with Crippen LogP contribution < -0.4 is 10.6 Å². The lowest BCUT2D eigenvalue weighted by atomic mass is 9.83. The van der Waals surface area contributed by atoms with Gasteiger partial charge in [-0.15, -0.1) is 24.0 Å². The summed E-state index contributed by atoms with van der Waals surface area (Å²) in [7, 11) is 6.10. The Morgan fingerprint density at radius 3 is 2.33 bits per heavy atom. The van der Waals surface area contributed by atoms with Crippen LogP contribution in [-0.4, -0.2) is 64.9 Å². The van der Waals surface area contributed by atoms with E-state index in [-0.39, 0.29) is 24.0 Å². The van der Waals surface area contributed by atoms with Gasteiger partial charge >= 0.3 is 0 Å². The predicted molar refractivity (Wildman–Crippen MR) is 128 cm³/mol. The molecule has 0 heterocycles. The Morgan fingerprint density at radius 2 is 1.70 bits per heavy atom. The molecule has 1 aliphatic rings. The third kappa shape index (κ3) is 12.9. The maximum Gasteiger partial charge on any atom is 0.191 e. The van der Waals surface area contributed by atoms with E-state index in [2.05, 4.69) is 36.6 Å². The number of halogens is 1. The molecule has 162 valence electrons. The molecule has 27 heavy (non-hydrogen) atoms. The molecule has 0 aliphatic heterocycles. The molecule has 0 aromatic carbocycles. The van der Waals surface area contributed by atoms with E-state index in [9.17, 15) is 0 Å². The highest BCUT2D eigenvalue weighted by Gasteiger charge is 2.33. The van der Waals surface area contributed by atoms with Gasteiger partial charge < -0.3 is 20.3 Å². The standard InChI is InChI=1S/C21H44N4O.HI/c1-5-22-20(23-16-11-7-6-8-12-17-25(2)3)24-19-21(15-18-26-4)13-9-10-14-21;/h5-19H2,1-4H3,(H2,22,23,24);1H. The van der Waals surface area contributed by atoms with Crippen molar-refractivity contribution in [2.75, 3.05) is 54.0 Å². The van der Waals surface area contributed by atoms with Gasteiger partial charge in [-0.05, 0) is 65.1 Å². The van der Waals surface area contributed by atoms with Gasteiger partial charge in [0.2, 0.25) is 0 Å². The highest BCUT2D eigenvalue weighted by molar-refractivity contribution is 14.0. The van der Waals surface area contributed by atoms with E-state index in [1.807, 2.05) is 0 Å². The molecule has 5 nitrogen and oxygen atoms in total. The third-order valence-electron chi connectivity index (χ3n) is 5.49. The van der Waals surface area contributed by atoms with E-state index in [1.54, 1.807) is 7.11 Å². The average Bonchev–Trinajstić information content (AvgIpc) is 3.09. The van der Waals surface area contributed by atoms with Crippen LogP contribution >= 0.6 is 24.0 Å². The van der Waals surface area contributed by atoms with Crippen LogP contribution in [0.2, 0.25) is 0 Å². The molecular formula is C21H45IN4O. The highest BCUT2D eigenvalue weighted by atomic mass is 127. The van der Waals surface area contributed by atoms with Gasteiger partial charge in [-0.25, -0.2) is 0 Å². The highest BCUT2D eigenvalue weighted by Crippen LogP contribution is 2.41. The number of hydrogen-bond donors (Lipinski definition) is 2. The number of nitrogens with one attached hydrogen (secondary N) is 2. The van der Waals surface area contributed by atoms with Crippen LogP contribution in [0.25, 0.3) is 0 Å². The molecule has 0 saturated heterocycles. The fourth-order valence-electron chi connectivity index (χ4n) is 3.81. The number of hydrogen-bond acceptors (Lipinski definition) is 3. The minimum absolute atomic E-state index is 0. The monoisotopic (exact) mass is 496 g/mol. The summed E-state index contributed by atoms with van der Waals surface area (Å²) >= 11 is 0. The lowest BCUT2D eigenvalue weighted by Crippen LogP contribution is -2.39. The lowest BCUT2D eigenvalue weighted by Gasteiger charge is -2.27. The zero-order chi connectivity index (χ0) is 19.1. The van der Waals surface area contributed by atoms with E-state index in [4.69, 9.17) is 9.73 Å². The van der Waals surface area contributed by atoms with Gasteiger partial charge in [0.25, 0.3) is 0 Å². The van der Waals surface area contributed by atoms with Crippen molar-refractivity contribution in [1.82, 2.24) is 15.5 Å². The molecule has 0 amide bonds. The minimum atomic E-state index is 0. The topological polar surface area (TPSA) is 48.9 Å². The fraction of sp³-hybridized carbons (Fsp3) is 0.952. The number of guanidine groups is 1. The summed E-state index contributed by atoms with van der Waals surface area (Å²) in [5.74, 6) is 0.990. The fourth-order valence-corrected chi connectivity index (χ4v) is 3.81. The molecule has 0 atom stereocenters. The van der Waals surface area contributed by atoms with Crippen molar-refractivity contribution >= 4 is 29.9 Å². The first-order chi connectivity index (χ1) is 12.6. The van der Waals surface area contributed by atoms with Gasteiger partial charge in [-0.2, -0.15) is 0 Å². The molecule has 0 aromatic heterocycles. The second-order valence-corrected chi connectivity index (χ2v) is 8.14. The van der Waals surface area contributed by atoms with Crippen molar-refractivity contribution in [2.45, 2.75) is 71.1 Å². The normalized spacial score (nSPS) is 16.4. The molecule has 1 fully saturated rings. The SMILES string of the molecule is CCNC(=NCC1(CCOC)CCCC1)NCCCCCCCN(C)C.I. The average molecular weight is 497 g/mol. The van der Waals surface area contributed by atoms with Crippen LogP contribution in [0.15, 0.2) is 4.99 Å². The van der Waals surface area contributed by atoms with Crippen molar-refractivity contribution in [3.05, 3.63) is 0 Å². The van der Waals surface area contributed by atoms with Gasteiger partial charge in [0.1, 0.15) is 0 Å². The van der Waals surface area contributed by atoms with Crippen molar-refractivity contribution in [1.29, 1.82) is 0 Å². The van der Waals surface area contributed by atoms with E-state index in [0.29, 0.717) is 5.41 Å². The summed E-state index contributed by atoms with van der Waals surface area (Å²) in [6, 6.07) is 0. The van der Waals surface area contributed by atoms with Gasteiger partial charge in [-0.3, -0.25) is 4.99 Å². The zero-order valence-corrected chi connectivity index (χ0v) is 20.6. The minimum Gasteiger partial charge on any atom is -0.385 e. The number of methoxy groups -OCH3 is 1. The molecule has 0 aromatic rings. The molecule has 6 heteroatoms. The van der Waals surface area contributed by atoms with Crippen molar-refractivity contribution in [3.63, 3.8) is 0 Å². The molecular weight excluding hydrogens is 451 g/mol. The third-order valence-corrected chi connectivity index (χ3v) is 5.49. The van der Waals surface area contributed by atoms with E-state index < -0.39 is 0 Å². The number of nitrogens with zero attached hydrogens (tertiary/aromatic N) is 2. The van der Waals surface area contributed by atoms with Crippen LogP contribution in [0.5, 0.6) is 0 Å². The Morgan fingerprint density at radius 1 is 1.04 bits per heavy atom. The van der Waals surface area contributed by atoms with Crippen molar-refractivity contribution in [2.24, 2.45) is 10.4 Å². The Balaban J connectivity index is 0.00000676.